The molecule has 0 bridgehead atoms. The molecule has 0 fully saturated rings. The lowest BCUT2D eigenvalue weighted by molar-refractivity contribution is 0.233. The van der Waals surface area contributed by atoms with Crippen molar-refractivity contribution in [1.29, 1.82) is 0 Å². The van der Waals surface area contributed by atoms with Crippen LogP contribution >= 0.6 is 0 Å². The van der Waals surface area contributed by atoms with Gasteiger partial charge in [-0.3, -0.25) is 10.2 Å². The van der Waals surface area contributed by atoms with Crippen LogP contribution in [0, 0.1) is 6.92 Å². The highest BCUT2D eigenvalue weighted by atomic mass is 16.5. The first-order valence-corrected chi connectivity index (χ1v) is 7.27. The van der Waals surface area contributed by atoms with E-state index in [0.717, 1.165) is 11.5 Å². The van der Waals surface area contributed by atoms with Gasteiger partial charge in [0.05, 0.1) is 19.4 Å². The van der Waals surface area contributed by atoms with Gasteiger partial charge in [-0.05, 0) is 45.3 Å². The highest BCUT2D eigenvalue weighted by molar-refractivity contribution is 5.89. The third-order valence-electron chi connectivity index (χ3n) is 3.40. The average Bonchev–Trinajstić information content (AvgIpc) is 3.01. The van der Waals surface area contributed by atoms with Crippen molar-refractivity contribution in [3.63, 3.8) is 0 Å². The molecule has 0 unspecified atom stereocenters. The third-order valence-corrected chi connectivity index (χ3v) is 3.40. The van der Waals surface area contributed by atoms with E-state index in [1.807, 2.05) is 44.1 Å². The summed E-state index contributed by atoms with van der Waals surface area (Å²) in [5.41, 5.74) is 0.794. The molecule has 0 spiro atoms. The van der Waals surface area contributed by atoms with Crippen LogP contribution in [0.3, 0.4) is 0 Å². The van der Waals surface area contributed by atoms with Crippen LogP contribution in [0.1, 0.15) is 17.5 Å². The summed E-state index contributed by atoms with van der Waals surface area (Å²) in [7, 11) is 5.39. The SMILES string of the molecule is COc1ccc(C)nc1NC(=O)NC[C@H](c1ccco1)N(C)C. The molecule has 2 N–H and O–H groups in total. The fourth-order valence-corrected chi connectivity index (χ4v) is 2.16. The highest BCUT2D eigenvalue weighted by Crippen LogP contribution is 2.22. The topological polar surface area (TPSA) is 79.6 Å². The number of aromatic nitrogens is 1. The number of nitrogens with zero attached hydrogens (tertiary/aromatic N) is 2. The molecule has 1 atom stereocenters. The van der Waals surface area contributed by atoms with Crippen molar-refractivity contribution in [2.24, 2.45) is 0 Å². The molecule has 2 aromatic rings. The highest BCUT2D eigenvalue weighted by Gasteiger charge is 2.18. The Morgan fingerprint density at radius 1 is 1.39 bits per heavy atom. The molecule has 23 heavy (non-hydrogen) atoms. The Kier molecular flexibility index (Phi) is 5.59. The molecule has 0 saturated heterocycles. The van der Waals surface area contributed by atoms with Gasteiger partial charge in [-0.25, -0.2) is 9.78 Å². The summed E-state index contributed by atoms with van der Waals surface area (Å²) in [5.74, 6) is 1.70. The van der Waals surface area contributed by atoms with E-state index in [0.29, 0.717) is 18.1 Å². The van der Waals surface area contributed by atoms with E-state index in [1.165, 1.54) is 7.11 Å². The molecule has 7 nitrogen and oxygen atoms in total. The van der Waals surface area contributed by atoms with Crippen LogP contribution in [-0.4, -0.2) is 43.7 Å². The number of aryl methyl sites for hydroxylation is 1. The van der Waals surface area contributed by atoms with Crippen LogP contribution in [-0.2, 0) is 0 Å². The van der Waals surface area contributed by atoms with Crippen molar-refractivity contribution < 1.29 is 13.9 Å². The summed E-state index contributed by atoms with van der Waals surface area (Å²) < 4.78 is 10.6. The number of carbonyl (C=O) groups excluding carboxylic acids is 1. The molecule has 0 aliphatic carbocycles. The Morgan fingerprint density at radius 2 is 2.17 bits per heavy atom. The van der Waals surface area contributed by atoms with Crippen molar-refractivity contribution in [3.05, 3.63) is 42.0 Å². The number of carbonyl (C=O) groups is 1. The minimum absolute atomic E-state index is 0.0527. The standard InChI is InChI=1S/C16H22N4O3/c1-11-7-8-14(22-4)15(18-11)19-16(21)17-10-12(20(2)3)13-6-5-9-23-13/h5-9,12H,10H2,1-4H3,(H2,17,18,19,21)/t12-/m1/s1. The Balaban J connectivity index is 1.98. The quantitative estimate of drug-likeness (QED) is 0.855. The zero-order valence-electron chi connectivity index (χ0n) is 13.8. The van der Waals surface area contributed by atoms with Gasteiger partial charge in [0, 0.05) is 12.2 Å². The summed E-state index contributed by atoms with van der Waals surface area (Å²) in [5, 5.41) is 5.53. The molecule has 2 amide bonds. The fourth-order valence-electron chi connectivity index (χ4n) is 2.16. The monoisotopic (exact) mass is 318 g/mol. The Labute approximate surface area is 135 Å². The summed E-state index contributed by atoms with van der Waals surface area (Å²) >= 11 is 0. The van der Waals surface area contributed by atoms with Gasteiger partial charge in [0.15, 0.2) is 11.6 Å². The molecule has 0 saturated carbocycles. The number of anilines is 1. The molecule has 2 heterocycles. The van der Waals surface area contributed by atoms with Crippen LogP contribution in [0.5, 0.6) is 5.75 Å². The van der Waals surface area contributed by atoms with Crippen molar-refractivity contribution in [2.45, 2.75) is 13.0 Å². The smallest absolute Gasteiger partial charge is 0.320 e. The first-order chi connectivity index (χ1) is 11.0. The molecular weight excluding hydrogens is 296 g/mol. The van der Waals surface area contributed by atoms with E-state index in [4.69, 9.17) is 9.15 Å². The Bertz CT molecular complexity index is 641. The second kappa shape index (κ2) is 7.64. The van der Waals surface area contributed by atoms with Crippen molar-refractivity contribution >= 4 is 11.8 Å². The number of urea groups is 1. The van der Waals surface area contributed by atoms with Crippen LogP contribution in [0.25, 0.3) is 0 Å². The van der Waals surface area contributed by atoms with Gasteiger partial charge in [-0.1, -0.05) is 0 Å². The van der Waals surface area contributed by atoms with Crippen molar-refractivity contribution in [1.82, 2.24) is 15.2 Å². The second-order valence-electron chi connectivity index (χ2n) is 5.33. The summed E-state index contributed by atoms with van der Waals surface area (Å²) in [6.07, 6.45) is 1.62. The van der Waals surface area contributed by atoms with Gasteiger partial charge < -0.3 is 14.5 Å². The van der Waals surface area contributed by atoms with E-state index in [1.54, 1.807) is 12.3 Å². The molecule has 0 aromatic carbocycles. The number of amides is 2. The minimum Gasteiger partial charge on any atom is -0.493 e. The van der Waals surface area contributed by atoms with E-state index in [2.05, 4.69) is 15.6 Å². The maximum atomic E-state index is 12.1. The maximum Gasteiger partial charge on any atom is 0.320 e. The van der Waals surface area contributed by atoms with Gasteiger partial charge in [-0.15, -0.1) is 0 Å². The fraction of sp³-hybridized carbons (Fsp3) is 0.375. The predicted molar refractivity (Wildman–Crippen MR) is 87.7 cm³/mol. The number of methoxy groups -OCH3 is 1. The molecule has 7 heteroatoms. The number of rotatable bonds is 6. The van der Waals surface area contributed by atoms with E-state index >= 15 is 0 Å². The number of nitrogens with one attached hydrogen (secondary N) is 2. The lowest BCUT2D eigenvalue weighted by Gasteiger charge is -2.22. The lowest BCUT2D eigenvalue weighted by atomic mass is 10.2. The zero-order valence-corrected chi connectivity index (χ0v) is 13.8. The molecular formula is C16H22N4O3. The Hall–Kier alpha value is -2.54. The number of ether oxygens (including phenoxy) is 1. The molecule has 124 valence electrons. The largest absolute Gasteiger partial charge is 0.493 e. The van der Waals surface area contributed by atoms with Gasteiger partial charge in [0.25, 0.3) is 0 Å². The third kappa shape index (κ3) is 4.46. The Morgan fingerprint density at radius 3 is 2.78 bits per heavy atom. The number of hydrogen-bond acceptors (Lipinski definition) is 5. The second-order valence-corrected chi connectivity index (χ2v) is 5.33. The number of furan rings is 1. The van der Waals surface area contributed by atoms with Gasteiger partial charge in [0.1, 0.15) is 5.76 Å². The van der Waals surface area contributed by atoms with E-state index in [9.17, 15) is 4.79 Å². The zero-order chi connectivity index (χ0) is 16.8. The molecule has 0 radical (unpaired) electrons. The normalized spacial score (nSPS) is 12.0. The van der Waals surface area contributed by atoms with Gasteiger partial charge in [-0.2, -0.15) is 0 Å². The molecule has 2 rings (SSSR count). The van der Waals surface area contributed by atoms with E-state index < -0.39 is 0 Å². The van der Waals surface area contributed by atoms with Gasteiger partial charge >= 0.3 is 6.03 Å². The van der Waals surface area contributed by atoms with E-state index in [-0.39, 0.29) is 12.1 Å². The summed E-state index contributed by atoms with van der Waals surface area (Å²) in [6.45, 7) is 2.25. The molecule has 2 aromatic heterocycles. The minimum atomic E-state index is -0.347. The van der Waals surface area contributed by atoms with Crippen LogP contribution in [0.2, 0.25) is 0 Å². The number of pyridine rings is 1. The molecule has 0 aliphatic rings. The van der Waals surface area contributed by atoms with Crippen LogP contribution in [0.15, 0.2) is 34.9 Å². The lowest BCUT2D eigenvalue weighted by Crippen LogP contribution is -2.37. The van der Waals surface area contributed by atoms with Crippen molar-refractivity contribution in [3.8, 4) is 5.75 Å². The molecule has 0 aliphatic heterocycles. The predicted octanol–water partition coefficient (Wildman–Crippen LogP) is 2.42. The van der Waals surface area contributed by atoms with Gasteiger partial charge in [0.2, 0.25) is 0 Å². The summed E-state index contributed by atoms with van der Waals surface area (Å²) in [6, 6.07) is 6.90. The summed E-state index contributed by atoms with van der Waals surface area (Å²) in [4.78, 5) is 18.4. The first kappa shape index (κ1) is 16.8. The van der Waals surface area contributed by atoms with Crippen LogP contribution < -0.4 is 15.4 Å². The van der Waals surface area contributed by atoms with Crippen molar-refractivity contribution in [2.75, 3.05) is 33.1 Å². The first-order valence-electron chi connectivity index (χ1n) is 7.27. The number of hydrogen-bond donors (Lipinski definition) is 2. The average molecular weight is 318 g/mol. The maximum absolute atomic E-state index is 12.1. The van der Waals surface area contributed by atoms with Crippen LogP contribution in [0.4, 0.5) is 10.6 Å². The number of likely N-dealkylation sites (N-methyl/N-ethyl adjacent to an activating group) is 1.